The average Bonchev–Trinajstić information content (AvgIpc) is 3.41. The third-order valence-corrected chi connectivity index (χ3v) is 5.64. The van der Waals surface area contributed by atoms with Gasteiger partial charge in [-0.2, -0.15) is 4.98 Å². The summed E-state index contributed by atoms with van der Waals surface area (Å²) in [5, 5.41) is 14.3. The maximum absolute atomic E-state index is 6.48. The van der Waals surface area contributed by atoms with Crippen molar-refractivity contribution in [3.8, 4) is 5.69 Å². The summed E-state index contributed by atoms with van der Waals surface area (Å²) in [5.74, 6) is 2.72. The first-order valence-corrected chi connectivity index (χ1v) is 10.5. The van der Waals surface area contributed by atoms with E-state index in [2.05, 4.69) is 32.2 Å². The van der Waals surface area contributed by atoms with E-state index in [4.69, 9.17) is 16.1 Å². The fourth-order valence-corrected chi connectivity index (χ4v) is 4.12. The van der Waals surface area contributed by atoms with Crippen LogP contribution in [0.4, 0.5) is 5.95 Å². The molecule has 1 saturated heterocycles. The second-order valence-electron chi connectivity index (χ2n) is 6.41. The predicted octanol–water partition coefficient (Wildman–Crippen LogP) is 4.15. The zero-order valence-corrected chi connectivity index (χ0v) is 16.7. The Morgan fingerprint density at radius 3 is 2.78 bits per heavy atom. The zero-order valence-electron chi connectivity index (χ0n) is 15.1. The van der Waals surface area contributed by atoms with Crippen LogP contribution in [0.3, 0.4) is 0 Å². The second-order valence-corrected chi connectivity index (χ2v) is 7.76. The van der Waals surface area contributed by atoms with Gasteiger partial charge in [0.25, 0.3) is 0 Å². The largest absolute Gasteiger partial charge is 0.341 e. The van der Waals surface area contributed by atoms with Gasteiger partial charge in [0.15, 0.2) is 11.0 Å². The Morgan fingerprint density at radius 1 is 1.19 bits per heavy atom. The molecule has 2 aromatic heterocycles. The van der Waals surface area contributed by atoms with Gasteiger partial charge in [0.1, 0.15) is 0 Å². The van der Waals surface area contributed by atoms with Crippen molar-refractivity contribution >= 4 is 29.3 Å². The minimum absolute atomic E-state index is 0.541. The van der Waals surface area contributed by atoms with Crippen LogP contribution in [0.15, 0.2) is 33.9 Å². The molecule has 0 bridgehead atoms. The molecule has 0 saturated carbocycles. The first-order chi connectivity index (χ1) is 13.3. The Labute approximate surface area is 167 Å². The quantitative estimate of drug-likeness (QED) is 0.547. The lowest BCUT2D eigenvalue weighted by Crippen LogP contribution is -2.22. The van der Waals surface area contributed by atoms with Crippen molar-refractivity contribution in [1.29, 1.82) is 0 Å². The lowest BCUT2D eigenvalue weighted by atomic mass is 10.3. The van der Waals surface area contributed by atoms with Gasteiger partial charge in [-0.1, -0.05) is 47.6 Å². The highest BCUT2D eigenvalue weighted by molar-refractivity contribution is 7.98. The van der Waals surface area contributed by atoms with E-state index >= 15 is 0 Å². The lowest BCUT2D eigenvalue weighted by Gasteiger charge is -2.18. The van der Waals surface area contributed by atoms with Crippen LogP contribution in [0.2, 0.25) is 5.02 Å². The normalized spacial score (nSPS) is 14.2. The summed E-state index contributed by atoms with van der Waals surface area (Å²) in [6.07, 6.45) is 4.15. The van der Waals surface area contributed by atoms with Gasteiger partial charge in [-0.15, -0.1) is 10.2 Å². The summed E-state index contributed by atoms with van der Waals surface area (Å²) >= 11 is 8.00. The standard InChI is InChI=1S/C18H21ClN6OS/c1-2-7-15-20-16(26-23-15)12-27-18-22-21-17(24-10-5-6-11-24)25(18)14-9-4-3-8-13(14)19/h3-4,8-9H,2,5-7,10-12H2,1H3. The molecular formula is C18H21ClN6OS. The molecule has 3 aromatic rings. The third kappa shape index (κ3) is 3.96. The van der Waals surface area contributed by atoms with Gasteiger partial charge in [-0.3, -0.25) is 4.57 Å². The maximum atomic E-state index is 6.48. The second kappa shape index (κ2) is 8.31. The van der Waals surface area contributed by atoms with Crippen LogP contribution in [0, 0.1) is 0 Å². The molecule has 142 valence electrons. The predicted molar refractivity (Wildman–Crippen MR) is 106 cm³/mol. The number of anilines is 1. The number of thioether (sulfide) groups is 1. The minimum atomic E-state index is 0.541. The molecule has 1 fully saturated rings. The fraction of sp³-hybridized carbons (Fsp3) is 0.444. The Balaban J connectivity index is 1.62. The third-order valence-electron chi connectivity index (χ3n) is 4.41. The van der Waals surface area contributed by atoms with Crippen molar-refractivity contribution in [3.05, 3.63) is 41.0 Å². The summed E-state index contributed by atoms with van der Waals surface area (Å²) in [6, 6.07) is 7.76. The molecule has 0 amide bonds. The van der Waals surface area contributed by atoms with E-state index in [0.29, 0.717) is 16.7 Å². The van der Waals surface area contributed by atoms with E-state index in [9.17, 15) is 0 Å². The van der Waals surface area contributed by atoms with Crippen LogP contribution in [0.5, 0.6) is 0 Å². The molecule has 0 spiro atoms. The first-order valence-electron chi connectivity index (χ1n) is 9.15. The van der Waals surface area contributed by atoms with E-state index in [1.165, 1.54) is 24.6 Å². The van der Waals surface area contributed by atoms with E-state index in [0.717, 1.165) is 48.5 Å². The lowest BCUT2D eigenvalue weighted by molar-refractivity contribution is 0.384. The number of hydrogen-bond donors (Lipinski definition) is 0. The van der Waals surface area contributed by atoms with E-state index in [1.807, 2.05) is 28.8 Å². The first kappa shape index (κ1) is 18.3. The van der Waals surface area contributed by atoms with Crippen LogP contribution in [0.1, 0.15) is 37.9 Å². The smallest absolute Gasteiger partial charge is 0.237 e. The molecule has 0 N–H and O–H groups in total. The molecule has 27 heavy (non-hydrogen) atoms. The molecule has 4 rings (SSSR count). The highest BCUT2D eigenvalue weighted by Crippen LogP contribution is 2.32. The van der Waals surface area contributed by atoms with Gasteiger partial charge < -0.3 is 9.42 Å². The minimum Gasteiger partial charge on any atom is -0.341 e. The number of aromatic nitrogens is 5. The van der Waals surface area contributed by atoms with E-state index < -0.39 is 0 Å². The van der Waals surface area contributed by atoms with Gasteiger partial charge in [-0.05, 0) is 31.4 Å². The molecule has 0 atom stereocenters. The molecule has 0 radical (unpaired) electrons. The number of benzene rings is 1. The fourth-order valence-electron chi connectivity index (χ4n) is 3.12. The average molecular weight is 405 g/mol. The highest BCUT2D eigenvalue weighted by Gasteiger charge is 2.24. The molecule has 1 aromatic carbocycles. The van der Waals surface area contributed by atoms with Crippen molar-refractivity contribution in [2.75, 3.05) is 18.0 Å². The maximum Gasteiger partial charge on any atom is 0.237 e. The zero-order chi connectivity index (χ0) is 18.6. The molecule has 0 aliphatic carbocycles. The van der Waals surface area contributed by atoms with Crippen molar-refractivity contribution in [2.24, 2.45) is 0 Å². The number of hydrogen-bond acceptors (Lipinski definition) is 7. The van der Waals surface area contributed by atoms with Crippen LogP contribution in [-0.4, -0.2) is 38.0 Å². The van der Waals surface area contributed by atoms with Crippen LogP contribution in [0.25, 0.3) is 5.69 Å². The molecule has 0 unspecified atom stereocenters. The topological polar surface area (TPSA) is 72.9 Å². The monoisotopic (exact) mass is 404 g/mol. The van der Waals surface area contributed by atoms with Crippen molar-refractivity contribution in [2.45, 2.75) is 43.5 Å². The Morgan fingerprint density at radius 2 is 2.00 bits per heavy atom. The van der Waals surface area contributed by atoms with E-state index in [1.54, 1.807) is 0 Å². The number of nitrogens with zero attached hydrogens (tertiary/aromatic N) is 6. The molecule has 1 aliphatic heterocycles. The Kier molecular flexibility index (Phi) is 5.63. The molecule has 9 heteroatoms. The van der Waals surface area contributed by atoms with Gasteiger partial charge in [0, 0.05) is 19.5 Å². The summed E-state index contributed by atoms with van der Waals surface area (Å²) in [7, 11) is 0. The highest BCUT2D eigenvalue weighted by atomic mass is 35.5. The SMILES string of the molecule is CCCc1noc(CSc2nnc(N3CCCC3)n2-c2ccccc2Cl)n1. The molecule has 7 nitrogen and oxygen atoms in total. The van der Waals surface area contributed by atoms with Crippen molar-refractivity contribution in [1.82, 2.24) is 24.9 Å². The number of halogens is 1. The van der Waals surface area contributed by atoms with Gasteiger partial charge in [0.05, 0.1) is 16.5 Å². The number of para-hydroxylation sites is 1. The molecule has 1 aliphatic rings. The summed E-state index contributed by atoms with van der Waals surface area (Å²) < 4.78 is 7.37. The Bertz CT molecular complexity index is 905. The molecule has 3 heterocycles. The number of rotatable bonds is 7. The summed E-state index contributed by atoms with van der Waals surface area (Å²) in [4.78, 5) is 6.68. The summed E-state index contributed by atoms with van der Waals surface area (Å²) in [6.45, 7) is 4.06. The van der Waals surface area contributed by atoms with Crippen LogP contribution in [-0.2, 0) is 12.2 Å². The summed E-state index contributed by atoms with van der Waals surface area (Å²) in [5.41, 5.74) is 0.880. The van der Waals surface area contributed by atoms with Crippen molar-refractivity contribution < 1.29 is 4.52 Å². The number of aryl methyl sites for hydroxylation is 1. The van der Waals surface area contributed by atoms with Gasteiger partial charge >= 0.3 is 0 Å². The molecular weight excluding hydrogens is 384 g/mol. The van der Waals surface area contributed by atoms with Crippen molar-refractivity contribution in [3.63, 3.8) is 0 Å². The van der Waals surface area contributed by atoms with Gasteiger partial charge in [0.2, 0.25) is 11.8 Å². The van der Waals surface area contributed by atoms with Gasteiger partial charge in [-0.25, -0.2) is 0 Å². The van der Waals surface area contributed by atoms with Crippen LogP contribution < -0.4 is 4.90 Å². The Hall–Kier alpha value is -2.06. The van der Waals surface area contributed by atoms with Crippen LogP contribution >= 0.6 is 23.4 Å². The van der Waals surface area contributed by atoms with E-state index in [-0.39, 0.29) is 0 Å².